The molecule has 2 rings (SSSR count). The minimum absolute atomic E-state index is 0.655. The first kappa shape index (κ1) is 16.6. The number of hydrogen-bond donors (Lipinski definition) is 1. The van der Waals surface area contributed by atoms with Crippen LogP contribution in [0.1, 0.15) is 32.3 Å². The fraction of sp³-hybridized carbons (Fsp3) is 0.647. The molecule has 1 aromatic rings. The Hall–Kier alpha value is -0.770. The van der Waals surface area contributed by atoms with Crippen molar-refractivity contribution in [2.45, 2.75) is 39.3 Å². The Balaban J connectivity index is 2.12. The maximum absolute atomic E-state index is 6.23. The monoisotopic (exact) mass is 310 g/mol. The van der Waals surface area contributed by atoms with E-state index in [4.69, 9.17) is 16.3 Å². The lowest BCUT2D eigenvalue weighted by Crippen LogP contribution is -2.31. The molecule has 1 saturated carbocycles. The van der Waals surface area contributed by atoms with Crippen LogP contribution in [0, 0.1) is 5.92 Å². The van der Waals surface area contributed by atoms with Gasteiger partial charge in [-0.2, -0.15) is 0 Å². The highest BCUT2D eigenvalue weighted by molar-refractivity contribution is 6.30. The Morgan fingerprint density at radius 2 is 2.14 bits per heavy atom. The van der Waals surface area contributed by atoms with Crippen LogP contribution >= 0.6 is 11.6 Å². The third kappa shape index (κ3) is 5.17. The zero-order chi connectivity index (χ0) is 15.2. The number of anilines is 1. The van der Waals surface area contributed by atoms with E-state index >= 15 is 0 Å². The Kier molecular flexibility index (Phi) is 6.34. The summed E-state index contributed by atoms with van der Waals surface area (Å²) in [6.07, 6.45) is 2.55. The summed E-state index contributed by atoms with van der Waals surface area (Å²) in [7, 11) is 1.76. The van der Waals surface area contributed by atoms with Gasteiger partial charge in [0.05, 0.1) is 6.61 Å². The molecule has 0 atom stereocenters. The van der Waals surface area contributed by atoms with Crippen molar-refractivity contribution in [3.8, 4) is 0 Å². The van der Waals surface area contributed by atoms with Crippen LogP contribution in [0.3, 0.4) is 0 Å². The third-order valence-electron chi connectivity index (χ3n) is 3.75. The first-order valence-corrected chi connectivity index (χ1v) is 8.24. The van der Waals surface area contributed by atoms with Crippen molar-refractivity contribution < 1.29 is 4.74 Å². The van der Waals surface area contributed by atoms with E-state index in [0.29, 0.717) is 12.0 Å². The van der Waals surface area contributed by atoms with Crippen LogP contribution in [-0.2, 0) is 11.3 Å². The average molecular weight is 311 g/mol. The van der Waals surface area contributed by atoms with Crippen LogP contribution in [-0.4, -0.2) is 32.8 Å². The highest BCUT2D eigenvalue weighted by atomic mass is 35.5. The number of rotatable bonds is 9. The van der Waals surface area contributed by atoms with Crippen LogP contribution < -0.4 is 10.2 Å². The van der Waals surface area contributed by atoms with E-state index in [1.807, 2.05) is 6.07 Å². The van der Waals surface area contributed by atoms with Gasteiger partial charge in [-0.15, -0.1) is 0 Å². The summed E-state index contributed by atoms with van der Waals surface area (Å²) in [5, 5.41) is 4.34. The van der Waals surface area contributed by atoms with E-state index < -0.39 is 0 Å². The lowest BCUT2D eigenvalue weighted by molar-refractivity contribution is 0.205. The van der Waals surface area contributed by atoms with Crippen LogP contribution in [0.25, 0.3) is 0 Å². The molecule has 0 spiro atoms. The highest BCUT2D eigenvalue weighted by Crippen LogP contribution is 2.34. The highest BCUT2D eigenvalue weighted by Gasteiger charge is 2.30. The van der Waals surface area contributed by atoms with Gasteiger partial charge in [0, 0.05) is 37.0 Å². The van der Waals surface area contributed by atoms with E-state index in [0.717, 1.165) is 31.3 Å². The first-order valence-electron chi connectivity index (χ1n) is 7.86. The van der Waals surface area contributed by atoms with Crippen molar-refractivity contribution in [1.82, 2.24) is 5.32 Å². The molecule has 0 heterocycles. The van der Waals surface area contributed by atoms with Gasteiger partial charge in [0.15, 0.2) is 0 Å². The maximum Gasteiger partial charge on any atom is 0.0637 e. The Morgan fingerprint density at radius 3 is 2.76 bits per heavy atom. The summed E-state index contributed by atoms with van der Waals surface area (Å²) >= 11 is 6.23. The van der Waals surface area contributed by atoms with E-state index in [2.05, 4.69) is 36.2 Å². The first-order chi connectivity index (χ1) is 10.1. The molecule has 1 aliphatic carbocycles. The minimum atomic E-state index is 0.655. The lowest BCUT2D eigenvalue weighted by Gasteiger charge is -2.27. The van der Waals surface area contributed by atoms with Crippen LogP contribution in [0.15, 0.2) is 18.2 Å². The van der Waals surface area contributed by atoms with Crippen molar-refractivity contribution in [3.05, 3.63) is 28.8 Å². The van der Waals surface area contributed by atoms with Gasteiger partial charge in [0.2, 0.25) is 0 Å². The Morgan fingerprint density at radius 1 is 1.38 bits per heavy atom. The molecule has 21 heavy (non-hydrogen) atoms. The van der Waals surface area contributed by atoms with E-state index in [-0.39, 0.29) is 0 Å². The standard InChI is InChI=1S/C17H27ClN2O/c1-13(2)11-19-12-14-4-5-15(18)10-17(14)20(8-9-21-3)16-6-7-16/h4-5,10,13,16,19H,6-9,11-12H2,1-3H3. The fourth-order valence-electron chi connectivity index (χ4n) is 2.52. The second kappa shape index (κ2) is 8.02. The normalized spacial score (nSPS) is 14.7. The van der Waals surface area contributed by atoms with Crippen LogP contribution in [0.2, 0.25) is 5.02 Å². The van der Waals surface area contributed by atoms with Gasteiger partial charge < -0.3 is 15.0 Å². The van der Waals surface area contributed by atoms with E-state index in [9.17, 15) is 0 Å². The number of methoxy groups -OCH3 is 1. The molecule has 1 aromatic carbocycles. The zero-order valence-corrected chi connectivity index (χ0v) is 14.1. The topological polar surface area (TPSA) is 24.5 Å². The van der Waals surface area contributed by atoms with Crippen molar-refractivity contribution >= 4 is 17.3 Å². The number of hydrogen-bond acceptors (Lipinski definition) is 3. The summed E-state index contributed by atoms with van der Waals surface area (Å²) in [5.74, 6) is 0.661. The van der Waals surface area contributed by atoms with Crippen molar-refractivity contribution in [2.75, 3.05) is 31.7 Å². The minimum Gasteiger partial charge on any atom is -0.383 e. The molecular weight excluding hydrogens is 284 g/mol. The number of nitrogens with zero attached hydrogens (tertiary/aromatic N) is 1. The molecule has 118 valence electrons. The summed E-state index contributed by atoms with van der Waals surface area (Å²) in [5.41, 5.74) is 2.58. The summed E-state index contributed by atoms with van der Waals surface area (Å²) < 4.78 is 5.26. The molecule has 0 aliphatic heterocycles. The maximum atomic E-state index is 6.23. The van der Waals surface area contributed by atoms with Crippen molar-refractivity contribution in [1.29, 1.82) is 0 Å². The SMILES string of the molecule is COCCN(c1cc(Cl)ccc1CNCC(C)C)C1CC1. The predicted molar refractivity (Wildman–Crippen MR) is 90.2 cm³/mol. The van der Waals surface area contributed by atoms with Crippen molar-refractivity contribution in [3.63, 3.8) is 0 Å². The molecule has 0 bridgehead atoms. The predicted octanol–water partition coefficient (Wildman–Crippen LogP) is 3.70. The van der Waals surface area contributed by atoms with E-state index in [1.54, 1.807) is 7.11 Å². The largest absolute Gasteiger partial charge is 0.383 e. The molecule has 1 aliphatic rings. The second-order valence-corrected chi connectivity index (χ2v) is 6.65. The third-order valence-corrected chi connectivity index (χ3v) is 3.98. The summed E-state index contributed by atoms with van der Waals surface area (Å²) in [6, 6.07) is 6.89. The Bertz CT molecular complexity index is 446. The van der Waals surface area contributed by atoms with Gasteiger partial charge >= 0.3 is 0 Å². The van der Waals surface area contributed by atoms with Crippen molar-refractivity contribution in [2.24, 2.45) is 5.92 Å². The van der Waals surface area contributed by atoms with E-state index in [1.165, 1.54) is 24.1 Å². The lowest BCUT2D eigenvalue weighted by atomic mass is 10.1. The molecule has 0 amide bonds. The molecule has 0 aromatic heterocycles. The summed E-state index contributed by atoms with van der Waals surface area (Å²) in [6.45, 7) is 8.06. The molecule has 4 heteroatoms. The number of benzene rings is 1. The van der Waals surface area contributed by atoms with Gasteiger partial charge in [0.1, 0.15) is 0 Å². The Labute approximate surface area is 133 Å². The molecule has 1 fully saturated rings. The molecular formula is C17H27ClN2O. The van der Waals surface area contributed by atoms with Gasteiger partial charge in [0.25, 0.3) is 0 Å². The molecule has 0 saturated heterocycles. The average Bonchev–Trinajstić information content (AvgIpc) is 3.26. The number of nitrogens with one attached hydrogen (secondary N) is 1. The van der Waals surface area contributed by atoms with Gasteiger partial charge in [-0.3, -0.25) is 0 Å². The van der Waals surface area contributed by atoms with Crippen LogP contribution in [0.5, 0.6) is 0 Å². The number of ether oxygens (including phenoxy) is 1. The number of halogens is 1. The molecule has 1 N–H and O–H groups in total. The molecule has 3 nitrogen and oxygen atoms in total. The van der Waals surface area contributed by atoms with Gasteiger partial charge in [-0.25, -0.2) is 0 Å². The quantitative estimate of drug-likeness (QED) is 0.752. The molecule has 0 radical (unpaired) electrons. The summed E-state index contributed by atoms with van der Waals surface area (Å²) in [4.78, 5) is 2.46. The van der Waals surface area contributed by atoms with Gasteiger partial charge in [-0.1, -0.05) is 31.5 Å². The van der Waals surface area contributed by atoms with Crippen LogP contribution in [0.4, 0.5) is 5.69 Å². The smallest absolute Gasteiger partial charge is 0.0637 e. The van der Waals surface area contributed by atoms with Gasteiger partial charge in [-0.05, 0) is 43.0 Å². The molecule has 0 unspecified atom stereocenters. The fourth-order valence-corrected chi connectivity index (χ4v) is 2.69. The second-order valence-electron chi connectivity index (χ2n) is 6.22. The zero-order valence-electron chi connectivity index (χ0n) is 13.4.